The summed E-state index contributed by atoms with van der Waals surface area (Å²) in [6, 6.07) is 77.8. The van der Waals surface area contributed by atoms with Crippen molar-refractivity contribution >= 4 is 21.8 Å². The summed E-state index contributed by atoms with van der Waals surface area (Å²) in [5.41, 5.74) is 24.7. The molecule has 0 saturated carbocycles. The van der Waals surface area contributed by atoms with Gasteiger partial charge in [0, 0.05) is 28.5 Å². The Hall–Kier alpha value is -7.22. The zero-order valence-electron chi connectivity index (χ0n) is 33.2. The lowest BCUT2D eigenvalue weighted by atomic mass is 9.59. The van der Waals surface area contributed by atoms with Crippen molar-refractivity contribution in [3.05, 3.63) is 256 Å². The molecule has 9 aromatic carbocycles. The number of hydrogen-bond donors (Lipinski definition) is 0. The fourth-order valence-corrected chi connectivity index (χ4v) is 11.6. The van der Waals surface area contributed by atoms with Crippen molar-refractivity contribution < 1.29 is 0 Å². The third-order valence-corrected chi connectivity index (χ3v) is 14.1. The van der Waals surface area contributed by atoms with Gasteiger partial charge in [-0.3, -0.25) is 0 Å². The number of fused-ring (bicyclic) bond motifs is 7. The zero-order chi connectivity index (χ0) is 39.3. The van der Waals surface area contributed by atoms with Gasteiger partial charge in [0.05, 0.1) is 16.7 Å². The lowest BCUT2D eigenvalue weighted by Gasteiger charge is -2.44. The Labute approximate surface area is 350 Å². The summed E-state index contributed by atoms with van der Waals surface area (Å²) < 4.78 is 2.68. The second-order valence-electron chi connectivity index (χ2n) is 17.0. The minimum Gasteiger partial charge on any atom is -0.309 e. The highest BCUT2D eigenvalue weighted by Crippen LogP contribution is 2.60. The Morgan fingerprint density at radius 3 is 1.62 bits per heavy atom. The van der Waals surface area contributed by atoms with E-state index in [1.807, 2.05) is 0 Å². The third kappa shape index (κ3) is 4.81. The van der Waals surface area contributed by atoms with Crippen LogP contribution >= 0.6 is 0 Å². The van der Waals surface area contributed by atoms with Gasteiger partial charge >= 0.3 is 0 Å². The molecule has 1 atom stereocenters. The first-order valence-electron chi connectivity index (χ1n) is 21.5. The van der Waals surface area contributed by atoms with Crippen LogP contribution in [0.3, 0.4) is 0 Å². The number of rotatable bonds is 4. The molecular weight excluding hydrogens is 723 g/mol. The van der Waals surface area contributed by atoms with Gasteiger partial charge in [0.15, 0.2) is 0 Å². The van der Waals surface area contributed by atoms with E-state index in [1.165, 1.54) is 111 Å². The van der Waals surface area contributed by atoms with Crippen LogP contribution in [-0.4, -0.2) is 4.57 Å². The third-order valence-electron chi connectivity index (χ3n) is 14.1. The smallest absolute Gasteiger partial charge is 0.0579 e. The maximum Gasteiger partial charge on any atom is 0.0579 e. The molecule has 10 aromatic rings. The summed E-state index contributed by atoms with van der Waals surface area (Å²) in [6.07, 6.45) is 2.01. The van der Waals surface area contributed by atoms with Crippen molar-refractivity contribution in [2.45, 2.75) is 30.6 Å². The molecule has 1 heteroatoms. The van der Waals surface area contributed by atoms with Crippen molar-refractivity contribution in [3.8, 4) is 39.1 Å². The van der Waals surface area contributed by atoms with Gasteiger partial charge in [-0.1, -0.05) is 194 Å². The molecule has 2 bridgehead atoms. The van der Waals surface area contributed by atoms with E-state index in [-0.39, 0.29) is 17.8 Å². The van der Waals surface area contributed by atoms with E-state index in [2.05, 4.69) is 211 Å². The molecule has 1 nitrogen and oxygen atoms in total. The van der Waals surface area contributed by atoms with E-state index in [0.717, 1.165) is 12.8 Å². The van der Waals surface area contributed by atoms with Gasteiger partial charge in [-0.2, -0.15) is 0 Å². The monoisotopic (exact) mass is 763 g/mol. The van der Waals surface area contributed by atoms with Gasteiger partial charge in [0.2, 0.25) is 0 Å². The van der Waals surface area contributed by atoms with Crippen molar-refractivity contribution in [1.29, 1.82) is 0 Å². The van der Waals surface area contributed by atoms with Gasteiger partial charge in [0.1, 0.15) is 0 Å². The zero-order valence-corrected chi connectivity index (χ0v) is 33.2. The van der Waals surface area contributed by atoms with E-state index in [1.54, 1.807) is 0 Å². The maximum absolute atomic E-state index is 2.68. The Morgan fingerprint density at radius 1 is 0.367 bits per heavy atom. The standard InChI is InChI=1S/C59H41N/c1-3-15-37(16-4-1)38-27-29-40(30-28-38)41-31-33-51-45(44-20-8-7-19-43(41)44)32-34-52-46-21-13-14-26-53(46)60(59(51)52)54-36-35-42(39-17-5-2-6-18-39)57-55-47-22-9-11-24-49(47)56(58(54)57)50-25-12-10-23-48(50)55/h1-30,32,34-36,41,55-56H,31,33H2. The maximum atomic E-state index is 2.68. The molecule has 14 rings (SSSR count). The molecule has 1 unspecified atom stereocenters. The molecule has 4 aliphatic carbocycles. The molecule has 282 valence electrons. The Bertz CT molecular complexity index is 3270. The first-order valence-corrected chi connectivity index (χ1v) is 21.5. The largest absolute Gasteiger partial charge is 0.309 e. The summed E-state index contributed by atoms with van der Waals surface area (Å²) in [5, 5.41) is 2.64. The predicted octanol–water partition coefficient (Wildman–Crippen LogP) is 14.8. The van der Waals surface area contributed by atoms with Gasteiger partial charge < -0.3 is 4.57 Å². The summed E-state index contributed by atoms with van der Waals surface area (Å²) >= 11 is 0. The SMILES string of the molecule is c1ccc(-c2ccc(C3CCc4c(ccc5c6ccccc6n(-c6ccc(-c7ccccc7)c7c6C6c8ccccc8C7c7ccccc76)c45)-c4ccccc43)cc2)cc1. The molecule has 0 fully saturated rings. The molecule has 0 radical (unpaired) electrons. The van der Waals surface area contributed by atoms with Crippen LogP contribution in [0.1, 0.15) is 74.2 Å². The molecule has 0 amide bonds. The molecule has 1 heterocycles. The highest BCUT2D eigenvalue weighted by molar-refractivity contribution is 6.12. The Morgan fingerprint density at radius 2 is 0.917 bits per heavy atom. The van der Waals surface area contributed by atoms with Crippen LogP contribution in [0.25, 0.3) is 60.9 Å². The molecular formula is C59H41N. The topological polar surface area (TPSA) is 4.93 Å². The fraction of sp³-hybridized carbons (Fsp3) is 0.0847. The van der Waals surface area contributed by atoms with Crippen molar-refractivity contribution in [2.24, 2.45) is 0 Å². The van der Waals surface area contributed by atoms with Crippen LogP contribution in [0.4, 0.5) is 0 Å². The lowest BCUT2D eigenvalue weighted by molar-refractivity contribution is 0.726. The quantitative estimate of drug-likeness (QED) is 0.168. The predicted molar refractivity (Wildman–Crippen MR) is 248 cm³/mol. The van der Waals surface area contributed by atoms with E-state index < -0.39 is 0 Å². The van der Waals surface area contributed by atoms with Crippen molar-refractivity contribution in [3.63, 3.8) is 0 Å². The van der Waals surface area contributed by atoms with Crippen LogP contribution in [0.15, 0.2) is 206 Å². The van der Waals surface area contributed by atoms with Gasteiger partial charge in [0.25, 0.3) is 0 Å². The number of benzene rings is 9. The summed E-state index contributed by atoms with van der Waals surface area (Å²) in [7, 11) is 0. The Balaban J connectivity index is 1.07. The normalized spacial score (nSPS) is 17.0. The van der Waals surface area contributed by atoms with E-state index in [9.17, 15) is 0 Å². The van der Waals surface area contributed by atoms with E-state index >= 15 is 0 Å². The molecule has 4 aliphatic rings. The van der Waals surface area contributed by atoms with Crippen LogP contribution in [-0.2, 0) is 6.42 Å². The average molecular weight is 764 g/mol. The first kappa shape index (κ1) is 33.7. The molecule has 0 aliphatic heterocycles. The van der Waals surface area contributed by atoms with Gasteiger partial charge in [-0.15, -0.1) is 0 Å². The van der Waals surface area contributed by atoms with E-state index in [0.29, 0.717) is 0 Å². The molecule has 0 N–H and O–H groups in total. The van der Waals surface area contributed by atoms with E-state index in [4.69, 9.17) is 0 Å². The second-order valence-corrected chi connectivity index (χ2v) is 17.0. The minimum absolute atomic E-state index is 0.124. The molecule has 60 heavy (non-hydrogen) atoms. The number of aryl methyl sites for hydroxylation is 1. The second kappa shape index (κ2) is 13.1. The van der Waals surface area contributed by atoms with Crippen LogP contribution in [0.5, 0.6) is 0 Å². The highest BCUT2D eigenvalue weighted by atomic mass is 15.0. The summed E-state index contributed by atoms with van der Waals surface area (Å²) in [6.45, 7) is 0. The van der Waals surface area contributed by atoms with Crippen LogP contribution < -0.4 is 0 Å². The molecule has 1 aromatic heterocycles. The lowest BCUT2D eigenvalue weighted by Crippen LogP contribution is -2.29. The minimum atomic E-state index is 0.124. The Kier molecular flexibility index (Phi) is 7.39. The van der Waals surface area contributed by atoms with Crippen LogP contribution in [0, 0.1) is 0 Å². The molecule has 0 spiro atoms. The number of para-hydroxylation sites is 1. The van der Waals surface area contributed by atoms with Crippen LogP contribution in [0.2, 0.25) is 0 Å². The number of nitrogens with zero attached hydrogens (tertiary/aromatic N) is 1. The summed E-state index contributed by atoms with van der Waals surface area (Å²) in [5.74, 6) is 0.560. The number of aromatic nitrogens is 1. The first-order chi connectivity index (χ1) is 29.8. The number of hydrogen-bond acceptors (Lipinski definition) is 0. The highest BCUT2D eigenvalue weighted by Gasteiger charge is 2.44. The van der Waals surface area contributed by atoms with Gasteiger partial charge in [-0.25, -0.2) is 0 Å². The van der Waals surface area contributed by atoms with Gasteiger partial charge in [-0.05, 0) is 108 Å². The average Bonchev–Trinajstić information content (AvgIpc) is 3.56. The van der Waals surface area contributed by atoms with Crippen molar-refractivity contribution in [1.82, 2.24) is 4.57 Å². The summed E-state index contributed by atoms with van der Waals surface area (Å²) in [4.78, 5) is 0. The fourth-order valence-electron chi connectivity index (χ4n) is 11.6. The van der Waals surface area contributed by atoms with Crippen molar-refractivity contribution in [2.75, 3.05) is 0 Å². The molecule has 0 saturated heterocycles.